The molecule has 8 nitrogen and oxygen atoms in total. The number of likely N-dealkylation sites (tertiary alicyclic amines) is 1. The molecule has 1 amide bonds. The largest absolute Gasteiger partial charge is 0.477 e. The standard InChI is InChI=1S/C20H24N4O4/c25-16(21-14-6-7-14)12-24-10-8-15(9-11-24)22-19-17(20(26)27)18(28-23-19)13-4-2-1-3-5-13/h1-5,14-15H,6-12H2,(H,21,25)(H,22,23)(H,26,27). The first kappa shape index (κ1) is 18.5. The minimum Gasteiger partial charge on any atom is -0.477 e. The molecule has 1 saturated heterocycles. The minimum atomic E-state index is -1.07. The number of amides is 1. The van der Waals surface area contributed by atoms with Crippen molar-refractivity contribution in [1.29, 1.82) is 0 Å². The molecule has 2 aliphatic rings. The van der Waals surface area contributed by atoms with Gasteiger partial charge < -0.3 is 20.3 Å². The molecule has 0 unspecified atom stereocenters. The smallest absolute Gasteiger partial charge is 0.343 e. The first-order valence-electron chi connectivity index (χ1n) is 9.67. The number of nitrogens with zero attached hydrogens (tertiary/aromatic N) is 2. The SMILES string of the molecule is O=C(CN1CCC(Nc2noc(-c3ccccc3)c2C(=O)O)CC1)NC1CC1. The maximum absolute atomic E-state index is 11.9. The van der Waals surface area contributed by atoms with Gasteiger partial charge in [0.05, 0.1) is 6.54 Å². The molecule has 148 valence electrons. The molecule has 4 rings (SSSR count). The van der Waals surface area contributed by atoms with E-state index in [0.717, 1.165) is 38.8 Å². The Morgan fingerprint density at radius 2 is 1.82 bits per heavy atom. The number of rotatable bonds is 7. The van der Waals surface area contributed by atoms with Crippen molar-refractivity contribution in [2.75, 3.05) is 25.0 Å². The third-order valence-electron chi connectivity index (χ3n) is 5.18. The Morgan fingerprint density at radius 1 is 1.11 bits per heavy atom. The number of hydrogen-bond donors (Lipinski definition) is 3. The van der Waals surface area contributed by atoms with Crippen LogP contribution in [0.5, 0.6) is 0 Å². The lowest BCUT2D eigenvalue weighted by Crippen LogP contribution is -2.44. The number of anilines is 1. The Balaban J connectivity index is 1.36. The molecule has 0 radical (unpaired) electrons. The quantitative estimate of drug-likeness (QED) is 0.672. The maximum Gasteiger partial charge on any atom is 0.343 e. The van der Waals surface area contributed by atoms with Gasteiger partial charge in [-0.3, -0.25) is 9.69 Å². The van der Waals surface area contributed by atoms with Gasteiger partial charge in [-0.1, -0.05) is 35.5 Å². The van der Waals surface area contributed by atoms with E-state index < -0.39 is 5.97 Å². The van der Waals surface area contributed by atoms with Crippen molar-refractivity contribution in [3.05, 3.63) is 35.9 Å². The lowest BCUT2D eigenvalue weighted by Gasteiger charge is -2.31. The van der Waals surface area contributed by atoms with E-state index in [1.807, 2.05) is 18.2 Å². The molecule has 0 atom stereocenters. The van der Waals surface area contributed by atoms with Crippen LogP contribution in [0, 0.1) is 0 Å². The van der Waals surface area contributed by atoms with Crippen molar-refractivity contribution in [3.63, 3.8) is 0 Å². The second kappa shape index (κ2) is 8.02. The van der Waals surface area contributed by atoms with Crippen molar-refractivity contribution in [2.45, 2.75) is 37.8 Å². The normalized spacial score (nSPS) is 18.0. The fraction of sp³-hybridized carbons (Fsp3) is 0.450. The van der Waals surface area contributed by atoms with E-state index in [1.54, 1.807) is 12.1 Å². The number of nitrogens with one attached hydrogen (secondary N) is 2. The monoisotopic (exact) mass is 384 g/mol. The number of aromatic nitrogens is 1. The van der Waals surface area contributed by atoms with Crippen molar-refractivity contribution in [2.24, 2.45) is 0 Å². The minimum absolute atomic E-state index is 0.0532. The number of carbonyl (C=O) groups is 2. The number of carboxylic acids is 1. The Labute approximate surface area is 162 Å². The van der Waals surface area contributed by atoms with Crippen molar-refractivity contribution in [1.82, 2.24) is 15.4 Å². The summed E-state index contributed by atoms with van der Waals surface area (Å²) >= 11 is 0. The van der Waals surface area contributed by atoms with Gasteiger partial charge in [0.2, 0.25) is 5.91 Å². The number of benzene rings is 1. The van der Waals surface area contributed by atoms with Crippen LogP contribution in [0.2, 0.25) is 0 Å². The van der Waals surface area contributed by atoms with Crippen LogP contribution in [0.1, 0.15) is 36.0 Å². The predicted octanol–water partition coefficient (Wildman–Crippen LogP) is 2.19. The average molecular weight is 384 g/mol. The van der Waals surface area contributed by atoms with E-state index in [1.165, 1.54) is 0 Å². The summed E-state index contributed by atoms with van der Waals surface area (Å²) in [6.07, 6.45) is 3.80. The highest BCUT2D eigenvalue weighted by Crippen LogP contribution is 2.30. The van der Waals surface area contributed by atoms with Crippen LogP contribution in [-0.4, -0.2) is 58.8 Å². The highest BCUT2D eigenvalue weighted by Gasteiger charge is 2.28. The number of carbonyl (C=O) groups excluding carboxylic acids is 1. The maximum atomic E-state index is 11.9. The molecule has 1 aromatic heterocycles. The van der Waals surface area contributed by atoms with E-state index >= 15 is 0 Å². The van der Waals surface area contributed by atoms with Crippen molar-refractivity contribution < 1.29 is 19.2 Å². The first-order valence-corrected chi connectivity index (χ1v) is 9.67. The molecule has 1 aliphatic heterocycles. The molecule has 28 heavy (non-hydrogen) atoms. The second-order valence-electron chi connectivity index (χ2n) is 7.44. The van der Waals surface area contributed by atoms with Crippen LogP contribution in [-0.2, 0) is 4.79 Å². The van der Waals surface area contributed by atoms with E-state index in [-0.39, 0.29) is 29.1 Å². The third kappa shape index (κ3) is 4.33. The molecule has 3 N–H and O–H groups in total. The summed E-state index contributed by atoms with van der Waals surface area (Å²) in [5.74, 6) is -0.469. The third-order valence-corrected chi connectivity index (χ3v) is 5.18. The summed E-state index contributed by atoms with van der Waals surface area (Å²) in [5.41, 5.74) is 0.731. The van der Waals surface area contributed by atoms with Crippen molar-refractivity contribution in [3.8, 4) is 11.3 Å². The van der Waals surface area contributed by atoms with Crippen LogP contribution >= 0.6 is 0 Å². The van der Waals surface area contributed by atoms with E-state index in [9.17, 15) is 14.7 Å². The van der Waals surface area contributed by atoms with Gasteiger partial charge in [0.1, 0.15) is 0 Å². The van der Waals surface area contributed by atoms with Crippen LogP contribution in [0.3, 0.4) is 0 Å². The van der Waals surface area contributed by atoms with E-state index in [2.05, 4.69) is 20.7 Å². The second-order valence-corrected chi connectivity index (χ2v) is 7.44. The van der Waals surface area contributed by atoms with Gasteiger partial charge in [0.25, 0.3) is 0 Å². The summed E-state index contributed by atoms with van der Waals surface area (Å²) in [5, 5.41) is 19.9. The molecule has 8 heteroatoms. The molecular formula is C20H24N4O4. The van der Waals surface area contributed by atoms with Gasteiger partial charge in [-0.15, -0.1) is 0 Å². The summed E-state index contributed by atoms with van der Waals surface area (Å²) in [6, 6.07) is 9.57. The number of hydrogen-bond acceptors (Lipinski definition) is 6. The lowest BCUT2D eigenvalue weighted by molar-refractivity contribution is -0.122. The van der Waals surface area contributed by atoms with Crippen LogP contribution < -0.4 is 10.6 Å². The number of aromatic carboxylic acids is 1. The Kier molecular flexibility index (Phi) is 5.29. The van der Waals surface area contributed by atoms with Crippen LogP contribution in [0.4, 0.5) is 5.82 Å². The topological polar surface area (TPSA) is 108 Å². The summed E-state index contributed by atoms with van der Waals surface area (Å²) in [7, 11) is 0. The highest BCUT2D eigenvalue weighted by molar-refractivity contribution is 5.99. The summed E-state index contributed by atoms with van der Waals surface area (Å²) < 4.78 is 5.34. The Bertz CT molecular complexity index is 839. The van der Waals surface area contributed by atoms with Gasteiger partial charge in [-0.2, -0.15) is 0 Å². The summed E-state index contributed by atoms with van der Waals surface area (Å²) in [4.78, 5) is 25.9. The Hall–Kier alpha value is -2.87. The number of piperidine rings is 1. The molecule has 1 aliphatic carbocycles. The van der Waals surface area contributed by atoms with Crippen LogP contribution in [0.15, 0.2) is 34.9 Å². The zero-order valence-electron chi connectivity index (χ0n) is 15.6. The molecule has 0 spiro atoms. The van der Waals surface area contributed by atoms with Gasteiger partial charge in [-0.25, -0.2) is 4.79 Å². The van der Waals surface area contributed by atoms with Crippen molar-refractivity contribution >= 4 is 17.7 Å². The molecule has 0 bridgehead atoms. The van der Waals surface area contributed by atoms with E-state index in [0.29, 0.717) is 18.2 Å². The number of carboxylic acid groups (broad SMARTS) is 1. The fourth-order valence-corrected chi connectivity index (χ4v) is 3.51. The fourth-order valence-electron chi connectivity index (χ4n) is 3.51. The average Bonchev–Trinajstić information content (AvgIpc) is 3.40. The van der Waals surface area contributed by atoms with Crippen LogP contribution in [0.25, 0.3) is 11.3 Å². The van der Waals surface area contributed by atoms with Gasteiger partial charge in [0, 0.05) is 30.7 Å². The van der Waals surface area contributed by atoms with Gasteiger partial charge in [0.15, 0.2) is 17.1 Å². The first-order chi connectivity index (χ1) is 13.6. The molecule has 2 heterocycles. The van der Waals surface area contributed by atoms with Gasteiger partial charge in [-0.05, 0) is 25.7 Å². The zero-order valence-corrected chi connectivity index (χ0v) is 15.6. The Morgan fingerprint density at radius 3 is 2.46 bits per heavy atom. The zero-order chi connectivity index (χ0) is 19.5. The molecule has 1 aromatic carbocycles. The molecular weight excluding hydrogens is 360 g/mol. The highest BCUT2D eigenvalue weighted by atomic mass is 16.5. The summed E-state index contributed by atoms with van der Waals surface area (Å²) in [6.45, 7) is 1.98. The van der Waals surface area contributed by atoms with E-state index in [4.69, 9.17) is 4.52 Å². The molecule has 1 saturated carbocycles. The predicted molar refractivity (Wildman–Crippen MR) is 103 cm³/mol. The molecule has 2 fully saturated rings. The lowest BCUT2D eigenvalue weighted by atomic mass is 10.0. The van der Waals surface area contributed by atoms with Gasteiger partial charge >= 0.3 is 5.97 Å². The molecule has 2 aromatic rings.